The SMILES string of the molecule is CNC(=O)c1c(-c2ccc(F)cc2)oc2nc(CCC(F)(F)F)c(-c3ccc(F)c(C(=O)NC(C#N)CC[Si]C)c3)cc12. The van der Waals surface area contributed by atoms with Crippen LogP contribution in [0.1, 0.15) is 39.3 Å². The van der Waals surface area contributed by atoms with Crippen LogP contribution in [0, 0.1) is 23.0 Å². The molecule has 2 heterocycles. The first-order chi connectivity index (χ1) is 20.4. The van der Waals surface area contributed by atoms with E-state index in [4.69, 9.17) is 4.42 Å². The van der Waals surface area contributed by atoms with Crippen LogP contribution in [0.3, 0.4) is 0 Å². The molecule has 7 nitrogen and oxygen atoms in total. The van der Waals surface area contributed by atoms with E-state index in [0.717, 1.165) is 18.2 Å². The predicted molar refractivity (Wildman–Crippen MR) is 150 cm³/mol. The van der Waals surface area contributed by atoms with Gasteiger partial charge in [-0.3, -0.25) is 9.59 Å². The third kappa shape index (κ3) is 7.26. The fourth-order valence-electron chi connectivity index (χ4n) is 4.48. The average molecular weight is 613 g/mol. The Labute approximate surface area is 245 Å². The number of carbonyl (C=O) groups is 2. The van der Waals surface area contributed by atoms with Crippen molar-refractivity contribution in [2.45, 2.75) is 44.1 Å². The zero-order chi connectivity index (χ0) is 31.3. The van der Waals surface area contributed by atoms with E-state index in [0.29, 0.717) is 27.5 Å². The van der Waals surface area contributed by atoms with E-state index < -0.39 is 54.1 Å². The second kappa shape index (κ2) is 13.2. The van der Waals surface area contributed by atoms with Gasteiger partial charge in [-0.25, -0.2) is 13.8 Å². The molecule has 0 aliphatic heterocycles. The Morgan fingerprint density at radius 3 is 2.40 bits per heavy atom. The first-order valence-corrected chi connectivity index (χ1v) is 14.8. The van der Waals surface area contributed by atoms with Gasteiger partial charge in [0.2, 0.25) is 5.71 Å². The molecule has 43 heavy (non-hydrogen) atoms. The van der Waals surface area contributed by atoms with E-state index >= 15 is 0 Å². The highest BCUT2D eigenvalue weighted by atomic mass is 28.2. The van der Waals surface area contributed by atoms with Gasteiger partial charge in [-0.05, 0) is 60.9 Å². The van der Waals surface area contributed by atoms with E-state index in [2.05, 4.69) is 15.6 Å². The molecule has 2 N–H and O–H groups in total. The van der Waals surface area contributed by atoms with E-state index in [-0.39, 0.29) is 39.2 Å². The Kier molecular flexibility index (Phi) is 9.60. The molecular weight excluding hydrogens is 587 g/mol. The maximum Gasteiger partial charge on any atom is 0.389 e. The first kappa shape index (κ1) is 31.4. The molecule has 1 unspecified atom stereocenters. The quantitative estimate of drug-likeness (QED) is 0.158. The fraction of sp³-hybridized carbons (Fsp3) is 0.267. The van der Waals surface area contributed by atoms with Crippen molar-refractivity contribution in [3.8, 4) is 28.5 Å². The van der Waals surface area contributed by atoms with Crippen LogP contribution in [-0.2, 0) is 6.42 Å². The Bertz CT molecular complexity index is 1700. The van der Waals surface area contributed by atoms with E-state index in [1.54, 1.807) is 0 Å². The molecule has 0 aliphatic carbocycles. The third-order valence-corrected chi connectivity index (χ3v) is 7.42. The number of furan rings is 1. The highest BCUT2D eigenvalue weighted by molar-refractivity contribution is 6.33. The Morgan fingerprint density at radius 1 is 1.07 bits per heavy atom. The number of rotatable bonds is 10. The van der Waals surface area contributed by atoms with Gasteiger partial charge in [-0.1, -0.05) is 18.7 Å². The van der Waals surface area contributed by atoms with E-state index in [1.165, 1.54) is 37.4 Å². The number of nitrogens with one attached hydrogen (secondary N) is 2. The smallest absolute Gasteiger partial charge is 0.389 e. The molecule has 2 radical (unpaired) electrons. The molecule has 2 amide bonds. The van der Waals surface area contributed by atoms with Crippen molar-refractivity contribution in [1.82, 2.24) is 15.6 Å². The Balaban J connectivity index is 1.89. The second-order valence-electron chi connectivity index (χ2n) is 9.58. The molecule has 0 bridgehead atoms. The van der Waals surface area contributed by atoms with Crippen molar-refractivity contribution in [3.05, 3.63) is 77.0 Å². The van der Waals surface area contributed by atoms with Crippen LogP contribution in [0.2, 0.25) is 12.6 Å². The Morgan fingerprint density at radius 2 is 1.77 bits per heavy atom. The normalized spacial score (nSPS) is 12.1. The van der Waals surface area contributed by atoms with Crippen molar-refractivity contribution in [2.24, 2.45) is 0 Å². The van der Waals surface area contributed by atoms with Gasteiger partial charge in [0.25, 0.3) is 11.8 Å². The summed E-state index contributed by atoms with van der Waals surface area (Å²) in [7, 11) is 1.93. The summed E-state index contributed by atoms with van der Waals surface area (Å²) in [5, 5.41) is 14.5. The van der Waals surface area contributed by atoms with Crippen LogP contribution >= 0.6 is 0 Å². The fourth-order valence-corrected chi connectivity index (χ4v) is 5.05. The van der Waals surface area contributed by atoms with Crippen LogP contribution < -0.4 is 10.6 Å². The van der Waals surface area contributed by atoms with Crippen LogP contribution in [0.15, 0.2) is 52.9 Å². The molecule has 13 heteroatoms. The summed E-state index contributed by atoms with van der Waals surface area (Å²) in [6.07, 6.45) is -5.96. The summed E-state index contributed by atoms with van der Waals surface area (Å²) < 4.78 is 74.1. The zero-order valence-electron chi connectivity index (χ0n) is 23.0. The molecule has 2 aromatic heterocycles. The number of fused-ring (bicyclic) bond motifs is 1. The summed E-state index contributed by atoms with van der Waals surface area (Å²) in [6, 6.07) is 11.7. The largest absolute Gasteiger partial charge is 0.437 e. The average Bonchev–Trinajstić information content (AvgIpc) is 3.35. The van der Waals surface area contributed by atoms with Crippen molar-refractivity contribution >= 4 is 32.4 Å². The van der Waals surface area contributed by atoms with Crippen molar-refractivity contribution in [2.75, 3.05) is 7.05 Å². The summed E-state index contributed by atoms with van der Waals surface area (Å²) in [5.74, 6) is -2.85. The molecule has 0 fully saturated rings. The molecule has 0 saturated heterocycles. The monoisotopic (exact) mass is 612 g/mol. The Hall–Kier alpha value is -4.57. The number of alkyl halides is 3. The molecule has 4 aromatic rings. The van der Waals surface area contributed by atoms with Gasteiger partial charge >= 0.3 is 6.18 Å². The number of benzene rings is 2. The maximum atomic E-state index is 14.8. The number of halogens is 5. The van der Waals surface area contributed by atoms with Crippen LogP contribution in [0.5, 0.6) is 0 Å². The number of amides is 2. The standard InChI is InChI=1S/C30H25F5N4O3Si/c1-37-28(41)25-22-14-20(17-5-8-23(32)21(13-17)27(40)38-19(15-36)10-12-43-2)24(9-11-30(33,34)35)39-29(22)42-26(25)16-3-6-18(31)7-4-16/h3-8,13-14,19H,9-12H2,1-2H3,(H,37,41)(H,38,40). The van der Waals surface area contributed by atoms with Crippen LogP contribution in [0.4, 0.5) is 22.0 Å². The lowest BCUT2D eigenvalue weighted by Gasteiger charge is -2.14. The number of carbonyl (C=O) groups excluding carboxylic acids is 2. The minimum atomic E-state index is -4.52. The lowest BCUT2D eigenvalue weighted by molar-refractivity contribution is -0.134. The van der Waals surface area contributed by atoms with Crippen LogP contribution in [0.25, 0.3) is 33.6 Å². The van der Waals surface area contributed by atoms with E-state index in [9.17, 15) is 36.8 Å². The summed E-state index contributed by atoms with van der Waals surface area (Å²) >= 11 is 0. The number of hydrogen-bond donors (Lipinski definition) is 2. The molecule has 222 valence electrons. The number of nitriles is 1. The molecule has 2 aromatic carbocycles. The highest BCUT2D eigenvalue weighted by Crippen LogP contribution is 2.38. The van der Waals surface area contributed by atoms with Crippen molar-refractivity contribution in [1.29, 1.82) is 5.26 Å². The molecular formula is C30H25F5N4O3Si. The van der Waals surface area contributed by atoms with Gasteiger partial charge in [0.05, 0.1) is 28.3 Å². The number of hydrogen-bond acceptors (Lipinski definition) is 5. The minimum Gasteiger partial charge on any atom is -0.437 e. The summed E-state index contributed by atoms with van der Waals surface area (Å²) in [4.78, 5) is 30.3. The van der Waals surface area contributed by atoms with Gasteiger partial charge in [0.1, 0.15) is 23.4 Å². The van der Waals surface area contributed by atoms with Gasteiger partial charge < -0.3 is 15.1 Å². The van der Waals surface area contributed by atoms with Gasteiger partial charge in [-0.2, -0.15) is 18.4 Å². The molecule has 0 spiro atoms. The highest BCUT2D eigenvalue weighted by Gasteiger charge is 2.30. The molecule has 0 saturated carbocycles. The predicted octanol–water partition coefficient (Wildman–Crippen LogP) is 6.48. The zero-order valence-corrected chi connectivity index (χ0v) is 24.0. The van der Waals surface area contributed by atoms with Gasteiger partial charge in [0.15, 0.2) is 0 Å². The second-order valence-corrected chi connectivity index (χ2v) is 10.8. The number of aromatic nitrogens is 1. The molecule has 1 atom stereocenters. The molecule has 0 aliphatic rings. The number of nitrogens with zero attached hydrogens (tertiary/aromatic N) is 2. The minimum absolute atomic E-state index is 0.00815. The number of pyridine rings is 1. The van der Waals surface area contributed by atoms with Gasteiger partial charge in [-0.15, -0.1) is 0 Å². The van der Waals surface area contributed by atoms with Crippen molar-refractivity contribution in [3.63, 3.8) is 0 Å². The first-order valence-electron chi connectivity index (χ1n) is 13.1. The number of aryl methyl sites for hydroxylation is 1. The van der Waals surface area contributed by atoms with Gasteiger partial charge in [0, 0.05) is 34.1 Å². The molecule has 4 rings (SSSR count). The topological polar surface area (TPSA) is 108 Å². The third-order valence-electron chi connectivity index (χ3n) is 6.63. The van der Waals surface area contributed by atoms with Crippen LogP contribution in [-0.4, -0.2) is 45.6 Å². The van der Waals surface area contributed by atoms with E-state index in [1.807, 2.05) is 12.6 Å². The summed E-state index contributed by atoms with van der Waals surface area (Å²) in [6.45, 7) is 1.94. The maximum absolute atomic E-state index is 14.8. The summed E-state index contributed by atoms with van der Waals surface area (Å²) in [5.41, 5.74) is 0.00303. The van der Waals surface area contributed by atoms with Crippen molar-refractivity contribution < 1.29 is 36.0 Å². The lowest BCUT2D eigenvalue weighted by Crippen LogP contribution is -2.34. The lowest BCUT2D eigenvalue weighted by atomic mass is 9.96.